The Morgan fingerprint density at radius 1 is 1.38 bits per heavy atom. The third-order valence-electron chi connectivity index (χ3n) is 2.73. The Morgan fingerprint density at radius 3 is 2.69 bits per heavy atom. The van der Waals surface area contributed by atoms with Crippen LogP contribution >= 0.6 is 0 Å². The lowest BCUT2D eigenvalue weighted by atomic mass is 9.98. The molecule has 84 valence electrons. The Balaban J connectivity index is 2.61. The number of aryl methyl sites for hydroxylation is 2. The van der Waals surface area contributed by atoms with Crippen molar-refractivity contribution in [3.63, 3.8) is 0 Å². The van der Waals surface area contributed by atoms with Crippen molar-refractivity contribution in [2.75, 3.05) is 5.73 Å². The minimum atomic E-state index is -0.161. The van der Waals surface area contributed by atoms with Crippen LogP contribution in [0, 0.1) is 12.7 Å². The van der Waals surface area contributed by atoms with Crippen LogP contribution in [-0.4, -0.2) is 10.2 Å². The second-order valence-electron chi connectivity index (χ2n) is 3.81. The van der Waals surface area contributed by atoms with Crippen LogP contribution in [0.4, 0.5) is 10.2 Å². The summed E-state index contributed by atoms with van der Waals surface area (Å²) in [6.45, 7) is 3.79. The number of H-pyrrole nitrogens is 1. The number of aromatic amines is 1. The van der Waals surface area contributed by atoms with Crippen molar-refractivity contribution < 1.29 is 4.39 Å². The van der Waals surface area contributed by atoms with Crippen molar-refractivity contribution in [3.8, 4) is 11.1 Å². The quantitative estimate of drug-likeness (QED) is 0.815. The van der Waals surface area contributed by atoms with E-state index in [1.807, 2.05) is 19.9 Å². The second-order valence-corrected chi connectivity index (χ2v) is 3.81. The van der Waals surface area contributed by atoms with Crippen LogP contribution in [0.2, 0.25) is 0 Å². The number of aromatic nitrogens is 2. The van der Waals surface area contributed by atoms with Gasteiger partial charge in [-0.15, -0.1) is 0 Å². The number of halogens is 1. The van der Waals surface area contributed by atoms with E-state index >= 15 is 0 Å². The van der Waals surface area contributed by atoms with E-state index in [0.717, 1.165) is 16.7 Å². The van der Waals surface area contributed by atoms with Gasteiger partial charge in [0.25, 0.3) is 0 Å². The summed E-state index contributed by atoms with van der Waals surface area (Å²) >= 11 is 0. The summed E-state index contributed by atoms with van der Waals surface area (Å²) in [5.74, 6) is 0.350. The molecule has 4 heteroatoms. The monoisotopic (exact) mass is 219 g/mol. The maximum absolute atomic E-state index is 13.5. The van der Waals surface area contributed by atoms with E-state index in [1.54, 1.807) is 12.3 Å². The molecule has 0 spiro atoms. The molecule has 1 aromatic carbocycles. The molecule has 0 bridgehead atoms. The van der Waals surface area contributed by atoms with Gasteiger partial charge in [-0.1, -0.05) is 6.92 Å². The summed E-state index contributed by atoms with van der Waals surface area (Å²) in [6.07, 6.45) is 2.33. The Labute approximate surface area is 93.5 Å². The van der Waals surface area contributed by atoms with Crippen molar-refractivity contribution in [1.29, 1.82) is 0 Å². The highest BCUT2D eigenvalue weighted by molar-refractivity contribution is 5.76. The van der Waals surface area contributed by atoms with Gasteiger partial charge in [0.05, 0.1) is 6.20 Å². The molecule has 1 heterocycles. The first-order chi connectivity index (χ1) is 7.63. The summed E-state index contributed by atoms with van der Waals surface area (Å²) in [5.41, 5.74) is 9.08. The maximum atomic E-state index is 13.5. The molecule has 0 amide bonds. The average Bonchev–Trinajstić information content (AvgIpc) is 2.65. The lowest BCUT2D eigenvalue weighted by molar-refractivity contribution is 0.611. The molecule has 2 rings (SSSR count). The minimum absolute atomic E-state index is 0.161. The highest BCUT2D eigenvalue weighted by Gasteiger charge is 2.11. The first-order valence-electron chi connectivity index (χ1n) is 5.21. The predicted molar refractivity (Wildman–Crippen MR) is 62.5 cm³/mol. The van der Waals surface area contributed by atoms with Gasteiger partial charge in [-0.2, -0.15) is 5.10 Å². The number of hydrogen-bond acceptors (Lipinski definition) is 2. The van der Waals surface area contributed by atoms with Gasteiger partial charge in [0.1, 0.15) is 11.6 Å². The summed E-state index contributed by atoms with van der Waals surface area (Å²) in [5, 5.41) is 6.55. The van der Waals surface area contributed by atoms with Gasteiger partial charge < -0.3 is 5.73 Å². The van der Waals surface area contributed by atoms with E-state index in [4.69, 9.17) is 5.73 Å². The molecule has 0 saturated carbocycles. The highest BCUT2D eigenvalue weighted by atomic mass is 19.1. The van der Waals surface area contributed by atoms with Gasteiger partial charge in [0.2, 0.25) is 0 Å². The van der Waals surface area contributed by atoms with Crippen LogP contribution in [0.15, 0.2) is 18.3 Å². The third-order valence-corrected chi connectivity index (χ3v) is 2.73. The summed E-state index contributed by atoms with van der Waals surface area (Å²) in [4.78, 5) is 0. The summed E-state index contributed by atoms with van der Waals surface area (Å²) in [7, 11) is 0. The van der Waals surface area contributed by atoms with Crippen molar-refractivity contribution in [2.45, 2.75) is 20.3 Å². The topological polar surface area (TPSA) is 54.7 Å². The number of nitrogens with one attached hydrogen (secondary N) is 1. The van der Waals surface area contributed by atoms with Crippen LogP contribution in [0.1, 0.15) is 18.1 Å². The number of anilines is 1. The minimum Gasteiger partial charge on any atom is -0.384 e. The Morgan fingerprint density at radius 2 is 2.12 bits per heavy atom. The van der Waals surface area contributed by atoms with Crippen LogP contribution in [0.25, 0.3) is 11.1 Å². The molecule has 3 nitrogen and oxygen atoms in total. The van der Waals surface area contributed by atoms with E-state index in [1.165, 1.54) is 0 Å². The predicted octanol–water partition coefficient (Wildman–Crippen LogP) is 2.67. The maximum Gasteiger partial charge on any atom is 0.126 e. The fourth-order valence-corrected chi connectivity index (χ4v) is 1.79. The molecule has 0 fully saturated rings. The Kier molecular flexibility index (Phi) is 2.64. The summed E-state index contributed by atoms with van der Waals surface area (Å²) in [6, 6.07) is 3.38. The van der Waals surface area contributed by atoms with Crippen LogP contribution in [0.5, 0.6) is 0 Å². The van der Waals surface area contributed by atoms with Gasteiger partial charge in [-0.05, 0) is 42.2 Å². The molecule has 16 heavy (non-hydrogen) atoms. The van der Waals surface area contributed by atoms with E-state index in [-0.39, 0.29) is 5.82 Å². The Bertz CT molecular complexity index is 517. The molecule has 0 saturated heterocycles. The zero-order valence-electron chi connectivity index (χ0n) is 9.34. The molecule has 3 N–H and O–H groups in total. The number of nitrogens with zero attached hydrogens (tertiary/aromatic N) is 1. The van der Waals surface area contributed by atoms with Gasteiger partial charge in [0, 0.05) is 5.56 Å². The van der Waals surface area contributed by atoms with Crippen molar-refractivity contribution >= 4 is 5.82 Å². The second kappa shape index (κ2) is 3.96. The fraction of sp³-hybridized carbons (Fsp3) is 0.250. The molecular weight excluding hydrogens is 205 g/mol. The molecule has 0 aliphatic rings. The first kappa shape index (κ1) is 10.7. The zero-order chi connectivity index (χ0) is 11.7. The van der Waals surface area contributed by atoms with Crippen molar-refractivity contribution in [2.24, 2.45) is 0 Å². The van der Waals surface area contributed by atoms with Crippen LogP contribution in [0.3, 0.4) is 0 Å². The van der Waals surface area contributed by atoms with E-state index < -0.39 is 0 Å². The van der Waals surface area contributed by atoms with Crippen molar-refractivity contribution in [3.05, 3.63) is 35.3 Å². The first-order valence-corrected chi connectivity index (χ1v) is 5.21. The molecule has 1 aromatic heterocycles. The SMILES string of the molecule is CCc1cc(-c2cn[nH]c2N)c(C)cc1F. The number of nitrogens with two attached hydrogens (primary N) is 1. The normalized spacial score (nSPS) is 10.7. The molecule has 0 atom stereocenters. The number of benzene rings is 1. The van der Waals surface area contributed by atoms with Gasteiger partial charge in [-0.25, -0.2) is 4.39 Å². The molecule has 0 aliphatic carbocycles. The highest BCUT2D eigenvalue weighted by Crippen LogP contribution is 2.29. The molecular formula is C12H14FN3. The van der Waals surface area contributed by atoms with Crippen LogP contribution < -0.4 is 5.73 Å². The van der Waals surface area contributed by atoms with Gasteiger partial charge in [-0.3, -0.25) is 5.10 Å². The molecule has 0 aliphatic heterocycles. The fourth-order valence-electron chi connectivity index (χ4n) is 1.79. The largest absolute Gasteiger partial charge is 0.384 e. The molecule has 0 radical (unpaired) electrons. The third kappa shape index (κ3) is 1.66. The van der Waals surface area contributed by atoms with Gasteiger partial charge in [0.15, 0.2) is 0 Å². The zero-order valence-corrected chi connectivity index (χ0v) is 9.34. The van der Waals surface area contributed by atoms with Crippen LogP contribution in [-0.2, 0) is 6.42 Å². The van der Waals surface area contributed by atoms with E-state index in [2.05, 4.69) is 10.2 Å². The molecule has 0 unspecified atom stereocenters. The number of rotatable bonds is 2. The smallest absolute Gasteiger partial charge is 0.126 e. The lowest BCUT2D eigenvalue weighted by Crippen LogP contribution is -1.94. The average molecular weight is 219 g/mol. The van der Waals surface area contributed by atoms with Crippen molar-refractivity contribution in [1.82, 2.24) is 10.2 Å². The van der Waals surface area contributed by atoms with Gasteiger partial charge >= 0.3 is 0 Å². The summed E-state index contributed by atoms with van der Waals surface area (Å²) < 4.78 is 13.5. The Hall–Kier alpha value is -1.84. The molecule has 2 aromatic rings. The number of hydrogen-bond donors (Lipinski definition) is 2. The number of nitrogen functional groups attached to an aromatic ring is 1. The lowest BCUT2D eigenvalue weighted by Gasteiger charge is -2.08. The van der Waals surface area contributed by atoms with E-state index in [0.29, 0.717) is 17.8 Å². The standard InChI is InChI=1S/C12H14FN3/c1-3-8-5-9(7(2)4-11(8)13)10-6-15-16-12(10)14/h4-6H,3H2,1-2H3,(H3,14,15,16). The van der Waals surface area contributed by atoms with E-state index in [9.17, 15) is 4.39 Å².